The van der Waals surface area contributed by atoms with Gasteiger partial charge in [0, 0.05) is 12.7 Å². The van der Waals surface area contributed by atoms with Crippen LogP contribution < -0.4 is 10.5 Å². The number of carbonyl (C=O) groups excluding carboxylic acids is 1. The first-order valence-corrected chi connectivity index (χ1v) is 7.15. The fourth-order valence-corrected chi connectivity index (χ4v) is 2.15. The van der Waals surface area contributed by atoms with E-state index in [0.717, 1.165) is 0 Å². The minimum atomic E-state index is -3.82. The number of amides is 1. The largest absolute Gasteiger partial charge is 0.382 e. The first-order valence-electron chi connectivity index (χ1n) is 5.60. The van der Waals surface area contributed by atoms with Gasteiger partial charge in [-0.05, 0) is 32.0 Å². The van der Waals surface area contributed by atoms with Crippen LogP contribution in [0.1, 0.15) is 24.2 Å². The molecule has 0 saturated heterocycles. The summed E-state index contributed by atoms with van der Waals surface area (Å²) in [6, 6.07) is 5.57. The Labute approximate surface area is 113 Å². The van der Waals surface area contributed by atoms with Gasteiger partial charge in [0.25, 0.3) is 5.91 Å². The van der Waals surface area contributed by atoms with Crippen molar-refractivity contribution < 1.29 is 17.9 Å². The van der Waals surface area contributed by atoms with Gasteiger partial charge in [0.2, 0.25) is 10.0 Å². The summed E-state index contributed by atoms with van der Waals surface area (Å²) in [5.74, 6) is -0.382. The number of carbonyl (C=O) groups is 1. The van der Waals surface area contributed by atoms with Crippen molar-refractivity contribution in [3.05, 3.63) is 29.8 Å². The lowest BCUT2D eigenvalue weighted by atomic mass is 10.1. The molecule has 6 nitrogen and oxygen atoms in total. The highest BCUT2D eigenvalue weighted by atomic mass is 32.2. The number of rotatable bonds is 5. The molecular weight excluding hydrogens is 268 g/mol. The van der Waals surface area contributed by atoms with Crippen LogP contribution in [-0.4, -0.2) is 33.6 Å². The zero-order chi connectivity index (χ0) is 14.7. The molecule has 0 aliphatic heterocycles. The van der Waals surface area contributed by atoms with E-state index >= 15 is 0 Å². The highest BCUT2D eigenvalue weighted by molar-refractivity contribution is 7.89. The summed E-state index contributed by atoms with van der Waals surface area (Å²) >= 11 is 0. The zero-order valence-corrected chi connectivity index (χ0v) is 12.0. The summed E-state index contributed by atoms with van der Waals surface area (Å²) in [5, 5.41) is 7.77. The van der Waals surface area contributed by atoms with E-state index in [9.17, 15) is 13.2 Å². The van der Waals surface area contributed by atoms with Gasteiger partial charge in [-0.25, -0.2) is 13.6 Å². The Morgan fingerprint density at radius 3 is 2.58 bits per heavy atom. The lowest BCUT2D eigenvalue weighted by Gasteiger charge is -2.25. The third kappa shape index (κ3) is 4.62. The van der Waals surface area contributed by atoms with E-state index < -0.39 is 15.6 Å². The van der Waals surface area contributed by atoms with Gasteiger partial charge in [0.15, 0.2) is 0 Å². The molecule has 0 heterocycles. The number of nitrogens with one attached hydrogen (secondary N) is 1. The fourth-order valence-electron chi connectivity index (χ4n) is 1.59. The Balaban J connectivity index is 2.96. The predicted molar refractivity (Wildman–Crippen MR) is 71.2 cm³/mol. The van der Waals surface area contributed by atoms with Gasteiger partial charge >= 0.3 is 0 Å². The number of primary sulfonamides is 1. The maximum atomic E-state index is 12.0. The molecule has 1 aromatic rings. The van der Waals surface area contributed by atoms with Gasteiger partial charge in [-0.15, -0.1) is 0 Å². The van der Waals surface area contributed by atoms with Crippen molar-refractivity contribution in [2.75, 3.05) is 13.7 Å². The zero-order valence-electron chi connectivity index (χ0n) is 11.1. The minimum absolute atomic E-state index is 0.0929. The van der Waals surface area contributed by atoms with Crippen molar-refractivity contribution in [2.45, 2.75) is 24.3 Å². The molecule has 0 aliphatic rings. The molecule has 1 rings (SSSR count). The van der Waals surface area contributed by atoms with Crippen LogP contribution in [0.2, 0.25) is 0 Å². The van der Waals surface area contributed by atoms with E-state index in [2.05, 4.69) is 5.32 Å². The van der Waals surface area contributed by atoms with E-state index in [4.69, 9.17) is 9.88 Å². The number of methoxy groups -OCH3 is 1. The van der Waals surface area contributed by atoms with Crippen LogP contribution in [0.4, 0.5) is 0 Å². The van der Waals surface area contributed by atoms with Gasteiger partial charge in [0.05, 0.1) is 17.0 Å². The van der Waals surface area contributed by atoms with Crippen LogP contribution in [0.3, 0.4) is 0 Å². The van der Waals surface area contributed by atoms with Gasteiger partial charge < -0.3 is 10.1 Å². The van der Waals surface area contributed by atoms with E-state index in [1.54, 1.807) is 13.8 Å². The van der Waals surface area contributed by atoms with E-state index in [-0.39, 0.29) is 16.4 Å². The Kier molecular flexibility index (Phi) is 4.67. The second kappa shape index (κ2) is 5.68. The molecule has 19 heavy (non-hydrogen) atoms. The van der Waals surface area contributed by atoms with Crippen molar-refractivity contribution in [3.8, 4) is 0 Å². The Morgan fingerprint density at radius 2 is 2.05 bits per heavy atom. The van der Waals surface area contributed by atoms with Crippen molar-refractivity contribution in [1.82, 2.24) is 5.32 Å². The van der Waals surface area contributed by atoms with Crippen molar-refractivity contribution in [1.29, 1.82) is 0 Å². The van der Waals surface area contributed by atoms with Crippen LogP contribution in [-0.2, 0) is 14.8 Å². The van der Waals surface area contributed by atoms with Crippen molar-refractivity contribution in [2.24, 2.45) is 5.14 Å². The Morgan fingerprint density at radius 1 is 1.42 bits per heavy atom. The maximum Gasteiger partial charge on any atom is 0.251 e. The van der Waals surface area contributed by atoms with Gasteiger partial charge in [-0.3, -0.25) is 4.79 Å². The fraction of sp³-hybridized carbons (Fsp3) is 0.417. The first-order chi connectivity index (χ1) is 8.65. The van der Waals surface area contributed by atoms with E-state index in [1.165, 1.54) is 31.4 Å². The number of hydrogen-bond donors (Lipinski definition) is 2. The van der Waals surface area contributed by atoms with Gasteiger partial charge in [-0.2, -0.15) is 0 Å². The molecule has 0 aliphatic carbocycles. The summed E-state index contributed by atoms with van der Waals surface area (Å²) in [4.78, 5) is 11.9. The first kappa shape index (κ1) is 15.6. The third-order valence-corrected chi connectivity index (χ3v) is 3.29. The molecule has 0 fully saturated rings. The van der Waals surface area contributed by atoms with Gasteiger partial charge in [-0.1, -0.05) is 6.07 Å². The molecule has 0 aromatic heterocycles. The van der Waals surface area contributed by atoms with Crippen LogP contribution in [0.5, 0.6) is 0 Å². The van der Waals surface area contributed by atoms with Crippen LogP contribution in [0, 0.1) is 0 Å². The van der Waals surface area contributed by atoms with Crippen LogP contribution >= 0.6 is 0 Å². The van der Waals surface area contributed by atoms with E-state index in [1.807, 2.05) is 0 Å². The summed E-state index contributed by atoms with van der Waals surface area (Å²) in [7, 11) is -2.28. The number of hydrogen-bond acceptors (Lipinski definition) is 4. The standard InChI is InChI=1S/C12H18N2O4S/c1-12(2,8-18-3)14-11(15)9-5-4-6-10(7-9)19(13,16)17/h4-7H,8H2,1-3H3,(H,14,15)(H2,13,16,17). The average Bonchev–Trinajstić information content (AvgIpc) is 2.27. The van der Waals surface area contributed by atoms with Crippen LogP contribution in [0.15, 0.2) is 29.2 Å². The highest BCUT2D eigenvalue weighted by Gasteiger charge is 2.21. The molecule has 0 unspecified atom stereocenters. The quantitative estimate of drug-likeness (QED) is 0.823. The minimum Gasteiger partial charge on any atom is -0.382 e. The maximum absolute atomic E-state index is 12.0. The van der Waals surface area contributed by atoms with Crippen molar-refractivity contribution >= 4 is 15.9 Å². The van der Waals surface area contributed by atoms with E-state index in [0.29, 0.717) is 6.61 Å². The number of sulfonamides is 1. The predicted octanol–water partition coefficient (Wildman–Crippen LogP) is 0.489. The highest BCUT2D eigenvalue weighted by Crippen LogP contribution is 2.11. The molecule has 1 amide bonds. The van der Waals surface area contributed by atoms with Crippen molar-refractivity contribution in [3.63, 3.8) is 0 Å². The lowest BCUT2D eigenvalue weighted by molar-refractivity contribution is 0.0820. The average molecular weight is 286 g/mol. The molecule has 1 aromatic carbocycles. The molecule has 0 radical (unpaired) electrons. The number of ether oxygens (including phenoxy) is 1. The Hall–Kier alpha value is -1.44. The smallest absolute Gasteiger partial charge is 0.251 e. The van der Waals surface area contributed by atoms with Crippen LogP contribution in [0.25, 0.3) is 0 Å². The lowest BCUT2D eigenvalue weighted by Crippen LogP contribution is -2.46. The molecule has 0 saturated carbocycles. The molecule has 0 spiro atoms. The molecular formula is C12H18N2O4S. The summed E-state index contributed by atoms with van der Waals surface area (Å²) < 4.78 is 27.4. The summed E-state index contributed by atoms with van der Waals surface area (Å²) in [6.07, 6.45) is 0. The molecule has 3 N–H and O–H groups in total. The number of nitrogens with two attached hydrogens (primary N) is 1. The summed E-state index contributed by atoms with van der Waals surface area (Å²) in [6.45, 7) is 3.95. The topological polar surface area (TPSA) is 98.5 Å². The van der Waals surface area contributed by atoms with Gasteiger partial charge in [0.1, 0.15) is 0 Å². The Bertz CT molecular complexity index is 567. The monoisotopic (exact) mass is 286 g/mol. The second-order valence-electron chi connectivity index (χ2n) is 4.84. The normalized spacial score (nSPS) is 12.2. The molecule has 0 atom stereocenters. The molecule has 106 valence electrons. The summed E-state index contributed by atoms with van der Waals surface area (Å²) in [5.41, 5.74) is -0.320. The molecule has 7 heteroatoms. The SMILES string of the molecule is COCC(C)(C)NC(=O)c1cccc(S(N)(=O)=O)c1. The second-order valence-corrected chi connectivity index (χ2v) is 6.41. The third-order valence-electron chi connectivity index (χ3n) is 2.38. The molecule has 0 bridgehead atoms. The number of benzene rings is 1.